The first-order chi connectivity index (χ1) is 9.27. The first kappa shape index (κ1) is 18.6. The molecule has 0 fully saturated rings. The van der Waals surface area contributed by atoms with Gasteiger partial charge in [-0.1, -0.05) is 31.9 Å². The summed E-state index contributed by atoms with van der Waals surface area (Å²) in [5.74, 6) is 0. The van der Waals surface area contributed by atoms with Crippen molar-refractivity contribution in [3.05, 3.63) is 26.6 Å². The molecule has 8 heteroatoms. The number of benzene rings is 1. The molecule has 4 nitrogen and oxygen atoms in total. The molecule has 0 aromatic heterocycles. The van der Waals surface area contributed by atoms with E-state index in [9.17, 15) is 8.42 Å². The van der Waals surface area contributed by atoms with Crippen LogP contribution in [0.3, 0.4) is 0 Å². The van der Waals surface area contributed by atoms with Gasteiger partial charge < -0.3 is 4.74 Å². The molecule has 0 saturated carbocycles. The van der Waals surface area contributed by atoms with E-state index in [2.05, 4.69) is 52.5 Å². The summed E-state index contributed by atoms with van der Waals surface area (Å²) in [6.07, 6.45) is 0.651. The predicted molar refractivity (Wildman–Crippen MR) is 91.0 cm³/mol. The minimum absolute atomic E-state index is 0.128. The third kappa shape index (κ3) is 5.38. The van der Waals surface area contributed by atoms with E-state index < -0.39 is 10.0 Å². The van der Waals surface area contributed by atoms with Gasteiger partial charge in [0.15, 0.2) is 0 Å². The van der Waals surface area contributed by atoms with Crippen molar-refractivity contribution in [2.75, 3.05) is 20.3 Å². The van der Waals surface area contributed by atoms with Gasteiger partial charge in [0.05, 0.1) is 11.5 Å². The summed E-state index contributed by atoms with van der Waals surface area (Å²) >= 11 is 10.1. The van der Waals surface area contributed by atoms with E-state index in [-0.39, 0.29) is 9.72 Å². The molecule has 1 N–H and O–H groups in total. The molecular weight excluding hydrogens is 478 g/mol. The summed E-state index contributed by atoms with van der Waals surface area (Å²) in [6.45, 7) is 2.79. The number of hydrogen-bond donors (Lipinski definition) is 1. The van der Waals surface area contributed by atoms with Crippen LogP contribution in [0.25, 0.3) is 0 Å². The second kappa shape index (κ2) is 8.24. The molecule has 1 aromatic carbocycles. The standard InChI is InChI=1S/C12H16Br3NO3S/c1-8-5-11(15)12(6-10(8)14)20(17,18)16-4-3-9(13)7-19-2/h5-6,9,16H,3-4,7H2,1-2H3. The van der Waals surface area contributed by atoms with Crippen LogP contribution < -0.4 is 4.72 Å². The molecule has 0 amide bonds. The first-order valence-corrected chi connectivity index (χ1v) is 9.84. The summed E-state index contributed by atoms with van der Waals surface area (Å²) < 4.78 is 33.4. The van der Waals surface area contributed by atoms with Crippen LogP contribution >= 0.6 is 47.8 Å². The number of ether oxygens (including phenoxy) is 1. The summed E-state index contributed by atoms with van der Waals surface area (Å²) in [5.41, 5.74) is 0.969. The van der Waals surface area contributed by atoms with Crippen molar-refractivity contribution in [3.63, 3.8) is 0 Å². The Morgan fingerprint density at radius 1 is 1.30 bits per heavy atom. The van der Waals surface area contributed by atoms with Gasteiger partial charge in [-0.3, -0.25) is 0 Å². The summed E-state index contributed by atoms with van der Waals surface area (Å²) in [4.78, 5) is 0.358. The lowest BCUT2D eigenvalue weighted by Crippen LogP contribution is -2.27. The Balaban J connectivity index is 2.77. The molecule has 20 heavy (non-hydrogen) atoms. The molecule has 0 bridgehead atoms. The Morgan fingerprint density at radius 3 is 2.55 bits per heavy atom. The zero-order valence-electron chi connectivity index (χ0n) is 11.1. The average molecular weight is 494 g/mol. The van der Waals surface area contributed by atoms with E-state index >= 15 is 0 Å². The van der Waals surface area contributed by atoms with Crippen molar-refractivity contribution >= 4 is 57.8 Å². The maximum Gasteiger partial charge on any atom is 0.241 e. The fraction of sp³-hybridized carbons (Fsp3) is 0.500. The van der Waals surface area contributed by atoms with Crippen LogP contribution in [0.4, 0.5) is 0 Å². The number of methoxy groups -OCH3 is 1. The van der Waals surface area contributed by atoms with Crippen LogP contribution in [-0.4, -0.2) is 33.5 Å². The second-order valence-corrected chi connectivity index (χ2v) is 9.01. The molecule has 1 rings (SSSR count). The Labute approximate surface area is 145 Å². The molecular formula is C12H16Br3NO3S. The maximum absolute atomic E-state index is 12.2. The van der Waals surface area contributed by atoms with Gasteiger partial charge in [-0.2, -0.15) is 0 Å². The summed E-state index contributed by atoms with van der Waals surface area (Å²) in [7, 11) is -1.92. The molecule has 0 aliphatic carbocycles. The minimum Gasteiger partial charge on any atom is -0.384 e. The number of sulfonamides is 1. The number of alkyl halides is 1. The largest absolute Gasteiger partial charge is 0.384 e. The van der Waals surface area contributed by atoms with Crippen LogP contribution in [0.15, 0.2) is 26.0 Å². The summed E-state index contributed by atoms with van der Waals surface area (Å²) in [5, 5.41) is 0. The lowest BCUT2D eigenvalue weighted by atomic mass is 10.2. The Morgan fingerprint density at radius 2 is 1.95 bits per heavy atom. The van der Waals surface area contributed by atoms with E-state index in [4.69, 9.17) is 4.74 Å². The highest BCUT2D eigenvalue weighted by molar-refractivity contribution is 9.11. The number of rotatable bonds is 7. The van der Waals surface area contributed by atoms with Gasteiger partial charge >= 0.3 is 0 Å². The van der Waals surface area contributed by atoms with Crippen LogP contribution in [0.5, 0.6) is 0 Å². The minimum atomic E-state index is -3.53. The Kier molecular flexibility index (Phi) is 7.65. The van der Waals surface area contributed by atoms with E-state index in [0.29, 0.717) is 24.0 Å². The van der Waals surface area contributed by atoms with Crippen molar-refractivity contribution in [2.45, 2.75) is 23.1 Å². The fourth-order valence-corrected chi connectivity index (χ4v) is 4.74. The van der Waals surface area contributed by atoms with Crippen LogP contribution in [0, 0.1) is 6.92 Å². The van der Waals surface area contributed by atoms with Crippen molar-refractivity contribution in [1.82, 2.24) is 4.72 Å². The van der Waals surface area contributed by atoms with Gasteiger partial charge in [0.1, 0.15) is 0 Å². The maximum atomic E-state index is 12.2. The van der Waals surface area contributed by atoms with Crippen molar-refractivity contribution in [3.8, 4) is 0 Å². The molecule has 1 unspecified atom stereocenters. The monoisotopic (exact) mass is 491 g/mol. The molecule has 0 radical (unpaired) electrons. The van der Waals surface area contributed by atoms with E-state index in [1.54, 1.807) is 19.2 Å². The van der Waals surface area contributed by atoms with Gasteiger partial charge in [0.2, 0.25) is 10.0 Å². The van der Waals surface area contributed by atoms with Crippen molar-refractivity contribution in [2.24, 2.45) is 0 Å². The highest BCUT2D eigenvalue weighted by atomic mass is 79.9. The second-order valence-electron chi connectivity index (χ2n) is 4.27. The molecule has 0 heterocycles. The van der Waals surface area contributed by atoms with Gasteiger partial charge in [0.25, 0.3) is 0 Å². The van der Waals surface area contributed by atoms with Gasteiger partial charge in [0, 0.05) is 27.4 Å². The quantitative estimate of drug-likeness (QED) is 0.590. The lowest BCUT2D eigenvalue weighted by Gasteiger charge is -2.12. The van der Waals surface area contributed by atoms with Gasteiger partial charge in [-0.15, -0.1) is 0 Å². The number of aryl methyl sites for hydroxylation is 1. The van der Waals surface area contributed by atoms with Crippen LogP contribution in [0.2, 0.25) is 0 Å². The number of nitrogens with one attached hydrogen (secondary N) is 1. The number of hydrogen-bond acceptors (Lipinski definition) is 3. The normalized spacial score (nSPS) is 13.4. The molecule has 0 aliphatic heterocycles. The molecule has 0 aliphatic rings. The highest BCUT2D eigenvalue weighted by Crippen LogP contribution is 2.28. The molecule has 1 atom stereocenters. The average Bonchev–Trinajstić information content (AvgIpc) is 2.33. The molecule has 0 spiro atoms. The zero-order valence-corrected chi connectivity index (χ0v) is 16.7. The van der Waals surface area contributed by atoms with E-state index in [0.717, 1.165) is 10.0 Å². The van der Waals surface area contributed by atoms with Crippen LogP contribution in [-0.2, 0) is 14.8 Å². The van der Waals surface area contributed by atoms with Crippen molar-refractivity contribution in [1.29, 1.82) is 0 Å². The lowest BCUT2D eigenvalue weighted by molar-refractivity contribution is 0.199. The SMILES string of the molecule is COCC(Br)CCNS(=O)(=O)c1cc(Br)c(C)cc1Br. The fourth-order valence-electron chi connectivity index (χ4n) is 1.53. The molecule has 114 valence electrons. The Bertz CT molecular complexity index is 563. The van der Waals surface area contributed by atoms with Gasteiger partial charge in [-0.25, -0.2) is 13.1 Å². The van der Waals surface area contributed by atoms with Gasteiger partial charge in [-0.05, 0) is 47.0 Å². The molecule has 0 saturated heterocycles. The third-order valence-corrected chi connectivity index (χ3v) is 6.60. The zero-order chi connectivity index (χ0) is 15.3. The third-order valence-electron chi connectivity index (χ3n) is 2.60. The first-order valence-electron chi connectivity index (χ1n) is 5.86. The number of halogens is 3. The summed E-state index contributed by atoms with van der Waals surface area (Å²) in [6, 6.07) is 3.37. The van der Waals surface area contributed by atoms with E-state index in [1.807, 2.05) is 6.92 Å². The highest BCUT2D eigenvalue weighted by Gasteiger charge is 2.19. The topological polar surface area (TPSA) is 55.4 Å². The predicted octanol–water partition coefficient (Wildman–Crippen LogP) is 3.60. The molecule has 1 aromatic rings. The van der Waals surface area contributed by atoms with Crippen LogP contribution in [0.1, 0.15) is 12.0 Å². The van der Waals surface area contributed by atoms with E-state index in [1.165, 1.54) is 0 Å². The smallest absolute Gasteiger partial charge is 0.241 e. The van der Waals surface area contributed by atoms with Crippen molar-refractivity contribution < 1.29 is 13.2 Å². The Hall–Kier alpha value is 0.530.